The number of carbonyl (C=O) groups is 1. The molecule has 0 aromatic heterocycles. The number of hydrogen-bond donors (Lipinski definition) is 1. The second-order valence-electron chi connectivity index (χ2n) is 5.47. The Bertz CT molecular complexity index is 755. The standard InChI is InChI=1S/C18H17ClFNO3S/c19-15-8-12(9-16-18(15)24-7-1-6-23-16)10-21-17(22)11-25-14-4-2-13(20)3-5-14/h2-5,8-9H,1,6-7,10-11H2,(H,21,22). The van der Waals surface area contributed by atoms with Crippen LogP contribution in [0, 0.1) is 5.82 Å². The van der Waals surface area contributed by atoms with Crippen molar-refractivity contribution >= 4 is 29.3 Å². The molecule has 7 heteroatoms. The molecule has 1 aliphatic rings. The average Bonchev–Trinajstić information content (AvgIpc) is 2.85. The van der Waals surface area contributed by atoms with E-state index in [0.29, 0.717) is 36.3 Å². The van der Waals surface area contributed by atoms with Crippen LogP contribution in [-0.4, -0.2) is 24.9 Å². The molecule has 0 unspecified atom stereocenters. The third-order valence-electron chi connectivity index (χ3n) is 3.54. The van der Waals surface area contributed by atoms with Gasteiger partial charge in [0.2, 0.25) is 5.91 Å². The first-order valence-electron chi connectivity index (χ1n) is 7.85. The molecular formula is C18H17ClFNO3S. The van der Waals surface area contributed by atoms with Gasteiger partial charge in [-0.3, -0.25) is 4.79 Å². The molecule has 3 rings (SSSR count). The fourth-order valence-corrected chi connectivity index (χ4v) is 3.33. The lowest BCUT2D eigenvalue weighted by molar-refractivity contribution is -0.118. The summed E-state index contributed by atoms with van der Waals surface area (Å²) in [6.07, 6.45) is 0.803. The quantitative estimate of drug-likeness (QED) is 0.794. The van der Waals surface area contributed by atoms with Crippen molar-refractivity contribution < 1.29 is 18.7 Å². The summed E-state index contributed by atoms with van der Waals surface area (Å²) in [7, 11) is 0. The van der Waals surface area contributed by atoms with E-state index in [4.69, 9.17) is 21.1 Å². The topological polar surface area (TPSA) is 47.6 Å². The van der Waals surface area contributed by atoms with Crippen LogP contribution in [0.25, 0.3) is 0 Å². The van der Waals surface area contributed by atoms with Crippen molar-refractivity contribution in [3.63, 3.8) is 0 Å². The number of amides is 1. The first kappa shape index (κ1) is 17.9. The summed E-state index contributed by atoms with van der Waals surface area (Å²) >= 11 is 7.59. The summed E-state index contributed by atoms with van der Waals surface area (Å²) in [4.78, 5) is 12.8. The van der Waals surface area contributed by atoms with Gasteiger partial charge in [0.15, 0.2) is 11.5 Å². The molecule has 0 saturated heterocycles. The molecule has 0 aliphatic carbocycles. The van der Waals surface area contributed by atoms with E-state index < -0.39 is 0 Å². The highest BCUT2D eigenvalue weighted by molar-refractivity contribution is 8.00. The molecule has 0 spiro atoms. The molecule has 1 N–H and O–H groups in total. The van der Waals surface area contributed by atoms with Gasteiger partial charge in [-0.1, -0.05) is 11.6 Å². The maximum atomic E-state index is 12.9. The van der Waals surface area contributed by atoms with E-state index in [0.717, 1.165) is 16.9 Å². The van der Waals surface area contributed by atoms with Crippen LogP contribution in [-0.2, 0) is 11.3 Å². The number of fused-ring (bicyclic) bond motifs is 1. The van der Waals surface area contributed by atoms with Gasteiger partial charge in [0.05, 0.1) is 24.0 Å². The Morgan fingerprint density at radius 2 is 1.96 bits per heavy atom. The predicted octanol–water partition coefficient (Wildman–Crippen LogP) is 4.05. The van der Waals surface area contributed by atoms with Gasteiger partial charge in [0.25, 0.3) is 0 Å². The number of thioether (sulfide) groups is 1. The Morgan fingerprint density at radius 1 is 1.20 bits per heavy atom. The SMILES string of the molecule is O=C(CSc1ccc(F)cc1)NCc1cc(Cl)c2c(c1)OCCCO2. The Hall–Kier alpha value is -1.92. The zero-order valence-corrected chi connectivity index (χ0v) is 15.0. The van der Waals surface area contributed by atoms with Crippen LogP contribution in [0.5, 0.6) is 11.5 Å². The fourth-order valence-electron chi connectivity index (χ4n) is 2.32. The molecular weight excluding hydrogens is 365 g/mol. The lowest BCUT2D eigenvalue weighted by Crippen LogP contribution is -2.24. The molecule has 132 valence electrons. The van der Waals surface area contributed by atoms with Crippen molar-refractivity contribution in [1.82, 2.24) is 5.32 Å². The van der Waals surface area contributed by atoms with Crippen LogP contribution in [0.4, 0.5) is 4.39 Å². The largest absolute Gasteiger partial charge is 0.489 e. The van der Waals surface area contributed by atoms with Gasteiger partial charge in [0.1, 0.15) is 5.82 Å². The highest BCUT2D eigenvalue weighted by Gasteiger charge is 2.15. The maximum Gasteiger partial charge on any atom is 0.230 e. The summed E-state index contributed by atoms with van der Waals surface area (Å²) in [6.45, 7) is 1.50. The molecule has 0 bridgehead atoms. The first-order valence-corrected chi connectivity index (χ1v) is 9.21. The van der Waals surface area contributed by atoms with Gasteiger partial charge in [-0.15, -0.1) is 11.8 Å². The average molecular weight is 382 g/mol. The second-order valence-corrected chi connectivity index (χ2v) is 6.93. The van der Waals surface area contributed by atoms with Crippen LogP contribution in [0.3, 0.4) is 0 Å². The summed E-state index contributed by atoms with van der Waals surface area (Å²) < 4.78 is 24.1. The second kappa shape index (κ2) is 8.45. The molecule has 1 heterocycles. The summed E-state index contributed by atoms with van der Waals surface area (Å²) in [5.74, 6) is 1.01. The number of benzene rings is 2. The van der Waals surface area contributed by atoms with Gasteiger partial charge in [0, 0.05) is 17.9 Å². The molecule has 0 atom stereocenters. The van der Waals surface area contributed by atoms with Crippen molar-refractivity contribution in [3.05, 3.63) is 52.8 Å². The third-order valence-corrected chi connectivity index (χ3v) is 4.83. The van der Waals surface area contributed by atoms with Crippen molar-refractivity contribution in [1.29, 1.82) is 0 Å². The molecule has 1 aliphatic heterocycles. The van der Waals surface area contributed by atoms with Crippen molar-refractivity contribution in [2.45, 2.75) is 17.9 Å². The van der Waals surface area contributed by atoms with Gasteiger partial charge >= 0.3 is 0 Å². The normalized spacial score (nSPS) is 13.2. The number of nitrogens with one attached hydrogen (secondary N) is 1. The first-order chi connectivity index (χ1) is 12.1. The lowest BCUT2D eigenvalue weighted by atomic mass is 10.2. The summed E-state index contributed by atoms with van der Waals surface area (Å²) in [5, 5.41) is 3.32. The third kappa shape index (κ3) is 5.03. The van der Waals surface area contributed by atoms with Crippen molar-refractivity contribution in [2.75, 3.05) is 19.0 Å². The minimum absolute atomic E-state index is 0.113. The Balaban J connectivity index is 1.54. The maximum absolute atomic E-state index is 12.9. The van der Waals surface area contributed by atoms with Crippen LogP contribution in [0.15, 0.2) is 41.3 Å². The Morgan fingerprint density at radius 3 is 2.76 bits per heavy atom. The van der Waals surface area contributed by atoms with E-state index in [-0.39, 0.29) is 17.5 Å². The van der Waals surface area contributed by atoms with Crippen LogP contribution >= 0.6 is 23.4 Å². The van der Waals surface area contributed by atoms with Gasteiger partial charge in [-0.2, -0.15) is 0 Å². The number of rotatable bonds is 5. The summed E-state index contributed by atoms with van der Waals surface area (Å²) in [5.41, 5.74) is 0.842. The minimum atomic E-state index is -0.292. The molecule has 25 heavy (non-hydrogen) atoms. The zero-order chi connectivity index (χ0) is 17.6. The van der Waals surface area contributed by atoms with Gasteiger partial charge in [-0.05, 0) is 42.0 Å². The van der Waals surface area contributed by atoms with Crippen LogP contribution in [0.1, 0.15) is 12.0 Å². The smallest absolute Gasteiger partial charge is 0.230 e. The van der Waals surface area contributed by atoms with E-state index in [1.807, 2.05) is 6.07 Å². The highest BCUT2D eigenvalue weighted by Crippen LogP contribution is 2.37. The predicted molar refractivity (Wildman–Crippen MR) is 96.0 cm³/mol. The van der Waals surface area contributed by atoms with E-state index in [1.54, 1.807) is 18.2 Å². The van der Waals surface area contributed by atoms with E-state index in [2.05, 4.69) is 5.32 Å². The number of carbonyl (C=O) groups excluding carboxylic acids is 1. The number of halogens is 2. The zero-order valence-electron chi connectivity index (χ0n) is 13.4. The van der Waals surface area contributed by atoms with Crippen molar-refractivity contribution in [3.8, 4) is 11.5 Å². The van der Waals surface area contributed by atoms with Crippen LogP contribution < -0.4 is 14.8 Å². The Labute approximate surface area is 154 Å². The van der Waals surface area contributed by atoms with Gasteiger partial charge in [-0.25, -0.2) is 4.39 Å². The van der Waals surface area contributed by atoms with E-state index in [9.17, 15) is 9.18 Å². The highest BCUT2D eigenvalue weighted by atomic mass is 35.5. The number of ether oxygens (including phenoxy) is 2. The fraction of sp³-hybridized carbons (Fsp3) is 0.278. The molecule has 4 nitrogen and oxygen atoms in total. The Kier molecular flexibility index (Phi) is 6.04. The molecule has 0 fully saturated rings. The van der Waals surface area contributed by atoms with Crippen molar-refractivity contribution in [2.24, 2.45) is 0 Å². The molecule has 1 amide bonds. The van der Waals surface area contributed by atoms with E-state index in [1.165, 1.54) is 23.9 Å². The lowest BCUT2D eigenvalue weighted by Gasteiger charge is -2.12. The number of hydrogen-bond acceptors (Lipinski definition) is 4. The van der Waals surface area contributed by atoms with Crippen LogP contribution in [0.2, 0.25) is 5.02 Å². The molecule has 2 aromatic rings. The molecule has 2 aromatic carbocycles. The monoisotopic (exact) mass is 381 g/mol. The summed E-state index contributed by atoms with van der Waals surface area (Å²) in [6, 6.07) is 9.65. The minimum Gasteiger partial charge on any atom is -0.489 e. The van der Waals surface area contributed by atoms with E-state index >= 15 is 0 Å². The molecule has 0 radical (unpaired) electrons. The van der Waals surface area contributed by atoms with Gasteiger partial charge < -0.3 is 14.8 Å². The molecule has 0 saturated carbocycles.